The van der Waals surface area contributed by atoms with Crippen LogP contribution in [-0.4, -0.2) is 60.2 Å². The number of phenols is 1. The molecule has 182 valence electrons. The van der Waals surface area contributed by atoms with Gasteiger partial charge < -0.3 is 19.2 Å². The van der Waals surface area contributed by atoms with E-state index in [-0.39, 0.29) is 18.4 Å². The molecule has 1 saturated heterocycles. The molecule has 0 spiro atoms. The Balaban J connectivity index is 1.83. The third-order valence-electron chi connectivity index (χ3n) is 7.12. The predicted octanol–water partition coefficient (Wildman–Crippen LogP) is 5.50. The monoisotopic (exact) mass is 472 g/mol. The van der Waals surface area contributed by atoms with Crippen LogP contribution in [0, 0.1) is 6.92 Å². The van der Waals surface area contributed by atoms with Gasteiger partial charge in [0.05, 0.1) is 12.6 Å². The molecule has 0 amide bonds. The van der Waals surface area contributed by atoms with Gasteiger partial charge in [-0.05, 0) is 26.0 Å². The molecule has 0 aliphatic carbocycles. The highest BCUT2D eigenvalue weighted by Gasteiger charge is 2.34. The molecule has 4 aromatic rings. The fraction of sp³-hybridized carbons (Fsp3) is 0.345. The summed E-state index contributed by atoms with van der Waals surface area (Å²) in [7, 11) is 0. The van der Waals surface area contributed by atoms with Crippen molar-refractivity contribution >= 4 is 27.7 Å². The van der Waals surface area contributed by atoms with Gasteiger partial charge in [0.2, 0.25) is 0 Å². The molecule has 6 nitrogen and oxygen atoms in total. The Hall–Kier alpha value is -3.35. The van der Waals surface area contributed by atoms with E-state index in [9.17, 15) is 9.90 Å². The number of nitrogens with zero attached hydrogens (tertiary/aromatic N) is 2. The number of carbonyl (C=O) groups is 1. The molecule has 1 fully saturated rings. The fourth-order valence-electron chi connectivity index (χ4n) is 5.39. The van der Waals surface area contributed by atoms with E-state index in [0.29, 0.717) is 33.2 Å². The van der Waals surface area contributed by atoms with Gasteiger partial charge in [-0.3, -0.25) is 4.90 Å². The normalized spacial score (nSPS) is 16.1. The lowest BCUT2D eigenvalue weighted by molar-refractivity contribution is 0.0526. The summed E-state index contributed by atoms with van der Waals surface area (Å²) < 4.78 is 11.7. The number of carbonyl (C=O) groups excluding carboxylic acids is 1. The van der Waals surface area contributed by atoms with Gasteiger partial charge in [-0.1, -0.05) is 61.5 Å². The van der Waals surface area contributed by atoms with Gasteiger partial charge in [0, 0.05) is 47.9 Å². The van der Waals surface area contributed by atoms with Crippen LogP contribution in [0.2, 0.25) is 0 Å². The number of ether oxygens (including phenoxy) is 1. The number of aryl methyl sites for hydroxylation is 1. The second kappa shape index (κ2) is 9.72. The van der Waals surface area contributed by atoms with E-state index < -0.39 is 5.97 Å². The number of likely N-dealkylation sites (N-methyl/N-ethyl adjacent to an activating group) is 1. The van der Waals surface area contributed by atoms with Crippen molar-refractivity contribution in [3.8, 4) is 5.75 Å². The SMILES string of the molecule is CCOC(=O)c1c(C)oc2c1c(C(c1ccccc1)N1CCN(CC)CC1)c(O)c1ccccc12. The molecule has 0 saturated carbocycles. The molecule has 0 radical (unpaired) electrons. The first kappa shape index (κ1) is 23.4. The summed E-state index contributed by atoms with van der Waals surface area (Å²) >= 11 is 0. The second-order valence-corrected chi connectivity index (χ2v) is 9.05. The number of phenolic OH excluding ortho intramolecular Hbond substituents is 1. The summed E-state index contributed by atoms with van der Waals surface area (Å²) in [5.74, 6) is 0.256. The second-order valence-electron chi connectivity index (χ2n) is 9.05. The van der Waals surface area contributed by atoms with Crippen molar-refractivity contribution in [3.63, 3.8) is 0 Å². The molecule has 3 aromatic carbocycles. The highest BCUT2D eigenvalue weighted by atomic mass is 16.5. The van der Waals surface area contributed by atoms with E-state index in [2.05, 4.69) is 28.9 Å². The van der Waals surface area contributed by atoms with E-state index in [4.69, 9.17) is 9.15 Å². The number of hydrogen-bond acceptors (Lipinski definition) is 6. The fourth-order valence-corrected chi connectivity index (χ4v) is 5.39. The van der Waals surface area contributed by atoms with Crippen molar-refractivity contribution in [2.45, 2.75) is 26.8 Å². The van der Waals surface area contributed by atoms with Gasteiger partial charge >= 0.3 is 5.97 Å². The van der Waals surface area contributed by atoms with Crippen LogP contribution in [0.25, 0.3) is 21.7 Å². The Labute approximate surface area is 205 Å². The van der Waals surface area contributed by atoms with Gasteiger partial charge in [-0.25, -0.2) is 4.79 Å². The molecule has 1 atom stereocenters. The molecule has 6 heteroatoms. The van der Waals surface area contributed by atoms with Crippen molar-refractivity contribution in [1.29, 1.82) is 0 Å². The van der Waals surface area contributed by atoms with Crippen molar-refractivity contribution in [3.05, 3.63) is 77.0 Å². The minimum absolute atomic E-state index is 0.186. The molecule has 1 aliphatic rings. The quantitative estimate of drug-likeness (QED) is 0.374. The average molecular weight is 473 g/mol. The highest BCUT2D eigenvalue weighted by Crippen LogP contribution is 2.47. The largest absolute Gasteiger partial charge is 0.507 e. The van der Waals surface area contributed by atoms with E-state index in [1.165, 1.54) is 0 Å². The third kappa shape index (κ3) is 4.07. The Morgan fingerprint density at radius 1 is 1.00 bits per heavy atom. The summed E-state index contributed by atoms with van der Waals surface area (Å²) in [4.78, 5) is 18.0. The van der Waals surface area contributed by atoms with Crippen molar-refractivity contribution in [2.24, 2.45) is 0 Å². The standard InChI is InChI=1S/C29H32N2O4/c1-4-30-15-17-31(18-16-30)26(20-11-7-6-8-12-20)25-24-23(29(33)34-5-2)19(3)35-28(24)22-14-10-9-13-21(22)27(25)32/h6-14,26,32H,4-5,15-18H2,1-3H3. The van der Waals surface area contributed by atoms with Crippen molar-refractivity contribution in [2.75, 3.05) is 39.3 Å². The molecule has 1 unspecified atom stereocenters. The van der Waals surface area contributed by atoms with Crippen LogP contribution in [0.1, 0.15) is 47.1 Å². The number of hydrogen-bond donors (Lipinski definition) is 1. The summed E-state index contributed by atoms with van der Waals surface area (Å²) in [6, 6.07) is 17.6. The first-order chi connectivity index (χ1) is 17.0. The summed E-state index contributed by atoms with van der Waals surface area (Å²) in [5, 5.41) is 14.0. The number of fused-ring (bicyclic) bond motifs is 3. The summed E-state index contributed by atoms with van der Waals surface area (Å²) in [6.07, 6.45) is 0. The first-order valence-corrected chi connectivity index (χ1v) is 12.4. The molecular weight excluding hydrogens is 440 g/mol. The maximum atomic E-state index is 13.2. The lowest BCUT2D eigenvalue weighted by atomic mass is 9.88. The topological polar surface area (TPSA) is 66.2 Å². The molecule has 1 aromatic heterocycles. The first-order valence-electron chi connectivity index (χ1n) is 12.4. The lowest BCUT2D eigenvalue weighted by Crippen LogP contribution is -2.47. The number of benzene rings is 3. The molecule has 35 heavy (non-hydrogen) atoms. The van der Waals surface area contributed by atoms with Gasteiger partial charge in [-0.15, -0.1) is 0 Å². The number of piperazine rings is 1. The van der Waals surface area contributed by atoms with Crippen LogP contribution < -0.4 is 0 Å². The number of rotatable bonds is 6. The average Bonchev–Trinajstić information content (AvgIpc) is 3.24. The Kier molecular flexibility index (Phi) is 6.50. The number of furan rings is 1. The van der Waals surface area contributed by atoms with E-state index >= 15 is 0 Å². The van der Waals surface area contributed by atoms with E-state index in [1.807, 2.05) is 42.5 Å². The zero-order valence-corrected chi connectivity index (χ0v) is 20.6. The maximum Gasteiger partial charge on any atom is 0.342 e. The summed E-state index contributed by atoms with van der Waals surface area (Å²) in [6.45, 7) is 10.7. The zero-order valence-electron chi connectivity index (χ0n) is 20.6. The third-order valence-corrected chi connectivity index (χ3v) is 7.12. The van der Waals surface area contributed by atoms with E-state index in [1.54, 1.807) is 13.8 Å². The van der Waals surface area contributed by atoms with Gasteiger partial charge in [0.25, 0.3) is 0 Å². The minimum Gasteiger partial charge on any atom is -0.507 e. The van der Waals surface area contributed by atoms with Crippen LogP contribution in [0.15, 0.2) is 59.0 Å². The number of esters is 1. The molecule has 2 heterocycles. The van der Waals surface area contributed by atoms with Crippen LogP contribution in [0.4, 0.5) is 0 Å². The predicted molar refractivity (Wildman–Crippen MR) is 138 cm³/mol. The van der Waals surface area contributed by atoms with Crippen LogP contribution in [0.3, 0.4) is 0 Å². The Morgan fingerprint density at radius 3 is 2.31 bits per heavy atom. The summed E-state index contributed by atoms with van der Waals surface area (Å²) in [5.41, 5.74) is 2.78. The van der Waals surface area contributed by atoms with Crippen LogP contribution in [-0.2, 0) is 4.74 Å². The Morgan fingerprint density at radius 2 is 1.66 bits per heavy atom. The molecule has 5 rings (SSSR count). The number of aromatic hydroxyl groups is 1. The Bertz CT molecular complexity index is 1350. The van der Waals surface area contributed by atoms with Crippen LogP contribution in [0.5, 0.6) is 5.75 Å². The molecule has 1 N–H and O–H groups in total. The lowest BCUT2D eigenvalue weighted by Gasteiger charge is -2.40. The minimum atomic E-state index is -0.428. The van der Waals surface area contributed by atoms with Crippen LogP contribution >= 0.6 is 0 Å². The molecule has 0 bridgehead atoms. The van der Waals surface area contributed by atoms with Gasteiger partial charge in [-0.2, -0.15) is 0 Å². The highest BCUT2D eigenvalue weighted by molar-refractivity contribution is 6.16. The maximum absolute atomic E-state index is 13.2. The van der Waals surface area contributed by atoms with Crippen molar-refractivity contribution in [1.82, 2.24) is 9.80 Å². The smallest absolute Gasteiger partial charge is 0.342 e. The van der Waals surface area contributed by atoms with E-state index in [0.717, 1.165) is 43.7 Å². The molecular formula is C29H32N2O4. The van der Waals surface area contributed by atoms with Gasteiger partial charge in [0.15, 0.2) is 0 Å². The molecule has 1 aliphatic heterocycles. The zero-order chi connectivity index (χ0) is 24.5. The van der Waals surface area contributed by atoms with Gasteiger partial charge in [0.1, 0.15) is 22.7 Å². The van der Waals surface area contributed by atoms with Crippen molar-refractivity contribution < 1.29 is 19.1 Å².